The highest BCUT2D eigenvalue weighted by Crippen LogP contribution is 2.25. The highest BCUT2D eigenvalue weighted by molar-refractivity contribution is 6.18. The summed E-state index contributed by atoms with van der Waals surface area (Å²) in [5, 5.41) is 5.93. The second-order valence-electron chi connectivity index (χ2n) is 7.22. The molecule has 1 rings (SSSR count). The van der Waals surface area contributed by atoms with Crippen LogP contribution in [0.25, 0.3) is 0 Å². The highest BCUT2D eigenvalue weighted by atomic mass is 35.5. The standard InChI is InChI=1S/C22H34Cl2N2O2/c1-17(27)21(6-4-16-25-2)26-22(28)7-3-5-18-8-10-19(11-9-18)20(12-14-23)13-15-24/h8-11,20-21,25H,3-7,12-16H2,1-2H3,(H,26,28). The van der Waals surface area contributed by atoms with E-state index in [-0.39, 0.29) is 17.7 Å². The number of nitrogens with one attached hydrogen (secondary N) is 2. The molecule has 0 aliphatic heterocycles. The van der Waals surface area contributed by atoms with Crippen LogP contribution in [0.3, 0.4) is 0 Å². The van der Waals surface area contributed by atoms with Gasteiger partial charge in [0, 0.05) is 18.2 Å². The van der Waals surface area contributed by atoms with Crippen molar-refractivity contribution in [2.24, 2.45) is 0 Å². The van der Waals surface area contributed by atoms with Crippen LogP contribution in [0.15, 0.2) is 24.3 Å². The number of hydrogen-bond donors (Lipinski definition) is 2. The fourth-order valence-electron chi connectivity index (χ4n) is 3.28. The zero-order valence-corrected chi connectivity index (χ0v) is 18.6. The third-order valence-electron chi connectivity index (χ3n) is 4.98. The lowest BCUT2D eigenvalue weighted by atomic mass is 9.92. The largest absolute Gasteiger partial charge is 0.346 e. The quantitative estimate of drug-likeness (QED) is 0.321. The monoisotopic (exact) mass is 428 g/mol. The molecule has 0 radical (unpaired) electrons. The number of alkyl halides is 2. The lowest BCUT2D eigenvalue weighted by Gasteiger charge is -2.16. The molecule has 0 heterocycles. The van der Waals surface area contributed by atoms with E-state index in [0.29, 0.717) is 30.5 Å². The molecule has 28 heavy (non-hydrogen) atoms. The maximum absolute atomic E-state index is 12.2. The van der Waals surface area contributed by atoms with E-state index in [2.05, 4.69) is 34.9 Å². The molecule has 1 amide bonds. The zero-order valence-electron chi connectivity index (χ0n) is 17.1. The Labute approximate surface area is 179 Å². The summed E-state index contributed by atoms with van der Waals surface area (Å²) in [7, 11) is 1.88. The molecule has 0 aromatic heterocycles. The first-order valence-electron chi connectivity index (χ1n) is 10.2. The molecule has 1 aromatic rings. The third-order valence-corrected chi connectivity index (χ3v) is 5.42. The van der Waals surface area contributed by atoms with Gasteiger partial charge in [-0.05, 0) is 76.1 Å². The number of hydrogen-bond acceptors (Lipinski definition) is 3. The molecule has 0 spiro atoms. The van der Waals surface area contributed by atoms with Gasteiger partial charge in [-0.15, -0.1) is 23.2 Å². The fraction of sp³-hybridized carbons (Fsp3) is 0.636. The number of halogens is 2. The van der Waals surface area contributed by atoms with E-state index in [9.17, 15) is 9.59 Å². The van der Waals surface area contributed by atoms with E-state index >= 15 is 0 Å². The second-order valence-corrected chi connectivity index (χ2v) is 7.98. The van der Waals surface area contributed by atoms with Crippen molar-refractivity contribution < 1.29 is 9.59 Å². The molecule has 2 N–H and O–H groups in total. The number of Topliss-reactive ketones (excluding diaryl/α,β-unsaturated/α-hetero) is 1. The predicted molar refractivity (Wildman–Crippen MR) is 119 cm³/mol. The Morgan fingerprint density at radius 2 is 1.64 bits per heavy atom. The zero-order chi connectivity index (χ0) is 20.8. The van der Waals surface area contributed by atoms with Gasteiger partial charge in [-0.3, -0.25) is 9.59 Å². The van der Waals surface area contributed by atoms with Crippen molar-refractivity contribution in [3.05, 3.63) is 35.4 Å². The van der Waals surface area contributed by atoms with Crippen LogP contribution in [0.2, 0.25) is 0 Å². The summed E-state index contributed by atoms with van der Waals surface area (Å²) in [5.41, 5.74) is 2.48. The number of aryl methyl sites for hydroxylation is 1. The van der Waals surface area contributed by atoms with Gasteiger partial charge >= 0.3 is 0 Å². The number of rotatable bonds is 15. The summed E-state index contributed by atoms with van der Waals surface area (Å²) < 4.78 is 0. The van der Waals surface area contributed by atoms with Crippen molar-refractivity contribution in [3.8, 4) is 0 Å². The molecule has 6 heteroatoms. The van der Waals surface area contributed by atoms with Crippen molar-refractivity contribution >= 4 is 34.9 Å². The SMILES string of the molecule is CNCCCC(NC(=O)CCCc1ccc(C(CCCl)CCCl)cc1)C(C)=O. The Bertz CT molecular complexity index is 572. The van der Waals surface area contributed by atoms with Crippen LogP contribution in [-0.2, 0) is 16.0 Å². The fourth-order valence-corrected chi connectivity index (χ4v) is 3.80. The smallest absolute Gasteiger partial charge is 0.220 e. The Morgan fingerprint density at radius 3 is 2.18 bits per heavy atom. The van der Waals surface area contributed by atoms with Crippen LogP contribution < -0.4 is 10.6 Å². The Hall–Kier alpha value is -1.10. The number of carbonyl (C=O) groups excluding carboxylic acids is 2. The molecule has 4 nitrogen and oxygen atoms in total. The normalized spacial score (nSPS) is 12.2. The summed E-state index contributed by atoms with van der Waals surface area (Å²) in [5.74, 6) is 1.64. The molecule has 0 saturated heterocycles. The lowest BCUT2D eigenvalue weighted by Crippen LogP contribution is -2.40. The van der Waals surface area contributed by atoms with Crippen molar-refractivity contribution in [1.82, 2.24) is 10.6 Å². The van der Waals surface area contributed by atoms with Gasteiger partial charge in [-0.1, -0.05) is 24.3 Å². The van der Waals surface area contributed by atoms with E-state index in [4.69, 9.17) is 23.2 Å². The van der Waals surface area contributed by atoms with Crippen molar-refractivity contribution in [3.63, 3.8) is 0 Å². The number of ketones is 1. The van der Waals surface area contributed by atoms with Gasteiger partial charge in [0.1, 0.15) is 0 Å². The van der Waals surface area contributed by atoms with E-state index in [1.165, 1.54) is 18.1 Å². The summed E-state index contributed by atoms with van der Waals surface area (Å²) in [6.07, 6.45) is 5.43. The van der Waals surface area contributed by atoms with Crippen LogP contribution in [0.4, 0.5) is 0 Å². The van der Waals surface area contributed by atoms with E-state index < -0.39 is 0 Å². The Morgan fingerprint density at radius 1 is 1.00 bits per heavy atom. The lowest BCUT2D eigenvalue weighted by molar-refractivity contribution is -0.127. The first-order chi connectivity index (χ1) is 13.5. The molecular formula is C22H34Cl2N2O2. The minimum atomic E-state index is -0.374. The molecule has 0 bridgehead atoms. The minimum absolute atomic E-state index is 0.0171. The summed E-state index contributed by atoms with van der Waals surface area (Å²) in [6, 6.07) is 8.16. The molecule has 0 aliphatic carbocycles. The third kappa shape index (κ3) is 9.90. The molecule has 0 aliphatic rings. The summed E-state index contributed by atoms with van der Waals surface area (Å²) >= 11 is 11.8. The summed E-state index contributed by atoms with van der Waals surface area (Å²) in [6.45, 7) is 2.37. The molecule has 0 fully saturated rings. The van der Waals surface area contributed by atoms with Gasteiger partial charge < -0.3 is 10.6 Å². The van der Waals surface area contributed by atoms with Crippen molar-refractivity contribution in [1.29, 1.82) is 0 Å². The number of carbonyl (C=O) groups is 2. The van der Waals surface area contributed by atoms with Gasteiger partial charge in [-0.2, -0.15) is 0 Å². The first kappa shape index (κ1) is 24.9. The molecule has 1 aromatic carbocycles. The average molecular weight is 429 g/mol. The van der Waals surface area contributed by atoms with Gasteiger partial charge in [0.25, 0.3) is 0 Å². The van der Waals surface area contributed by atoms with Crippen molar-refractivity contribution in [2.45, 2.75) is 63.8 Å². The molecule has 0 saturated carbocycles. The van der Waals surface area contributed by atoms with E-state index in [1.54, 1.807) is 0 Å². The number of benzene rings is 1. The van der Waals surface area contributed by atoms with Gasteiger partial charge in [0.2, 0.25) is 5.91 Å². The molecule has 158 valence electrons. The molecular weight excluding hydrogens is 395 g/mol. The molecule has 1 unspecified atom stereocenters. The Kier molecular flexibility index (Phi) is 13.2. The van der Waals surface area contributed by atoms with Gasteiger partial charge in [0.05, 0.1) is 6.04 Å². The minimum Gasteiger partial charge on any atom is -0.346 e. The maximum Gasteiger partial charge on any atom is 0.220 e. The van der Waals surface area contributed by atoms with Gasteiger partial charge in [0.15, 0.2) is 5.78 Å². The van der Waals surface area contributed by atoms with Crippen LogP contribution in [0.1, 0.15) is 62.5 Å². The highest BCUT2D eigenvalue weighted by Gasteiger charge is 2.16. The maximum atomic E-state index is 12.2. The van der Waals surface area contributed by atoms with Gasteiger partial charge in [-0.25, -0.2) is 0 Å². The van der Waals surface area contributed by atoms with Crippen LogP contribution in [-0.4, -0.2) is 43.1 Å². The Balaban J connectivity index is 2.43. The molecule has 1 atom stereocenters. The van der Waals surface area contributed by atoms with Crippen molar-refractivity contribution in [2.75, 3.05) is 25.4 Å². The van der Waals surface area contributed by atoms with Crippen LogP contribution in [0.5, 0.6) is 0 Å². The average Bonchev–Trinajstić information content (AvgIpc) is 2.67. The van der Waals surface area contributed by atoms with E-state index in [1.807, 2.05) is 7.05 Å². The predicted octanol–water partition coefficient (Wildman–Crippen LogP) is 4.42. The van der Waals surface area contributed by atoms with E-state index in [0.717, 1.165) is 38.6 Å². The topological polar surface area (TPSA) is 58.2 Å². The van der Waals surface area contributed by atoms with Crippen LogP contribution >= 0.6 is 23.2 Å². The second kappa shape index (κ2) is 14.8. The number of amides is 1. The van der Waals surface area contributed by atoms with Crippen LogP contribution in [0, 0.1) is 0 Å². The summed E-state index contributed by atoms with van der Waals surface area (Å²) in [4.78, 5) is 23.9. The first-order valence-corrected chi connectivity index (χ1v) is 11.2.